The van der Waals surface area contributed by atoms with E-state index in [1.165, 1.54) is 7.11 Å². The van der Waals surface area contributed by atoms with Crippen molar-refractivity contribution in [3.63, 3.8) is 0 Å². The Kier molecular flexibility index (Phi) is 5.95. The van der Waals surface area contributed by atoms with Gasteiger partial charge in [0.05, 0.1) is 13.5 Å². The van der Waals surface area contributed by atoms with E-state index in [2.05, 4.69) is 9.64 Å². The summed E-state index contributed by atoms with van der Waals surface area (Å²) >= 11 is 6.12. The summed E-state index contributed by atoms with van der Waals surface area (Å²) in [4.78, 5) is 13.2. The van der Waals surface area contributed by atoms with Crippen LogP contribution in [0.5, 0.6) is 0 Å². The first-order valence-corrected chi connectivity index (χ1v) is 6.28. The maximum absolute atomic E-state index is 11.1. The molecule has 0 spiro atoms. The molecule has 0 aliphatic heterocycles. The second-order valence-electron chi connectivity index (χ2n) is 4.00. The molecule has 0 amide bonds. The zero-order valence-corrected chi connectivity index (χ0v) is 11.5. The molecule has 4 nitrogen and oxygen atoms in total. The van der Waals surface area contributed by atoms with Crippen molar-refractivity contribution < 1.29 is 9.53 Å². The largest absolute Gasteiger partial charge is 0.469 e. The van der Waals surface area contributed by atoms with E-state index < -0.39 is 0 Å². The Balaban J connectivity index is 2.65. The summed E-state index contributed by atoms with van der Waals surface area (Å²) in [6, 6.07) is 5.47. The molecular formula is C13H19ClN2O2. The minimum Gasteiger partial charge on any atom is -0.469 e. The van der Waals surface area contributed by atoms with Gasteiger partial charge in [-0.2, -0.15) is 0 Å². The highest BCUT2D eigenvalue weighted by Crippen LogP contribution is 2.23. The molecule has 0 saturated heterocycles. The van der Waals surface area contributed by atoms with Crippen LogP contribution in [0.15, 0.2) is 18.2 Å². The molecule has 0 unspecified atom stereocenters. The number of hydrogen-bond donors (Lipinski definition) is 1. The SMILES string of the molecule is CCN(CCC(=O)OC)Cc1c(N)cccc1Cl. The monoisotopic (exact) mass is 270 g/mol. The molecule has 1 aromatic rings. The Bertz CT molecular complexity index is 390. The van der Waals surface area contributed by atoms with Crippen molar-refractivity contribution in [2.75, 3.05) is 25.9 Å². The number of ether oxygens (including phenoxy) is 1. The van der Waals surface area contributed by atoms with Gasteiger partial charge in [-0.05, 0) is 18.7 Å². The summed E-state index contributed by atoms with van der Waals surface area (Å²) in [6.07, 6.45) is 0.370. The number of nitrogens with zero attached hydrogens (tertiary/aromatic N) is 1. The third-order valence-corrected chi connectivity index (χ3v) is 3.20. The molecule has 0 heterocycles. The number of rotatable bonds is 6. The fourth-order valence-electron chi connectivity index (χ4n) is 1.67. The quantitative estimate of drug-likeness (QED) is 0.637. The maximum Gasteiger partial charge on any atom is 0.306 e. The predicted octanol–water partition coefficient (Wildman–Crippen LogP) is 2.31. The van der Waals surface area contributed by atoms with Gasteiger partial charge in [0.2, 0.25) is 0 Å². The van der Waals surface area contributed by atoms with E-state index in [1.807, 2.05) is 25.1 Å². The first-order chi connectivity index (χ1) is 8.58. The molecule has 0 bridgehead atoms. The Hall–Kier alpha value is -1.26. The smallest absolute Gasteiger partial charge is 0.306 e. The molecular weight excluding hydrogens is 252 g/mol. The van der Waals surface area contributed by atoms with Crippen molar-refractivity contribution in [3.8, 4) is 0 Å². The van der Waals surface area contributed by atoms with E-state index in [4.69, 9.17) is 17.3 Å². The van der Waals surface area contributed by atoms with Crippen LogP contribution in [0.25, 0.3) is 0 Å². The van der Waals surface area contributed by atoms with Crippen LogP contribution in [-0.4, -0.2) is 31.1 Å². The number of nitrogens with two attached hydrogens (primary N) is 1. The Morgan fingerprint density at radius 1 is 1.50 bits per heavy atom. The average molecular weight is 271 g/mol. The minimum atomic E-state index is -0.208. The van der Waals surface area contributed by atoms with Crippen LogP contribution in [0.4, 0.5) is 5.69 Å². The second-order valence-corrected chi connectivity index (χ2v) is 4.41. The molecule has 1 rings (SSSR count). The van der Waals surface area contributed by atoms with Crippen LogP contribution in [0.3, 0.4) is 0 Å². The van der Waals surface area contributed by atoms with Gasteiger partial charge < -0.3 is 10.5 Å². The molecule has 0 fully saturated rings. The molecule has 0 atom stereocenters. The standard InChI is InChI=1S/C13H19ClN2O2/c1-3-16(8-7-13(17)18-2)9-10-11(14)5-4-6-12(10)15/h4-6H,3,7-9,15H2,1-2H3. The van der Waals surface area contributed by atoms with Crippen molar-refractivity contribution in [2.45, 2.75) is 19.9 Å². The van der Waals surface area contributed by atoms with Crippen LogP contribution in [-0.2, 0) is 16.1 Å². The lowest BCUT2D eigenvalue weighted by molar-refractivity contribution is -0.141. The van der Waals surface area contributed by atoms with Gasteiger partial charge >= 0.3 is 5.97 Å². The molecule has 0 aliphatic rings. The van der Waals surface area contributed by atoms with Crippen molar-refractivity contribution in [1.29, 1.82) is 0 Å². The van der Waals surface area contributed by atoms with E-state index >= 15 is 0 Å². The molecule has 18 heavy (non-hydrogen) atoms. The molecule has 100 valence electrons. The van der Waals surface area contributed by atoms with Gasteiger partial charge in [-0.25, -0.2) is 0 Å². The number of carbonyl (C=O) groups excluding carboxylic acids is 1. The third-order valence-electron chi connectivity index (χ3n) is 2.84. The lowest BCUT2D eigenvalue weighted by atomic mass is 10.1. The third kappa shape index (κ3) is 4.20. The van der Waals surface area contributed by atoms with Crippen molar-refractivity contribution in [3.05, 3.63) is 28.8 Å². The molecule has 0 aromatic heterocycles. The first-order valence-electron chi connectivity index (χ1n) is 5.90. The summed E-state index contributed by atoms with van der Waals surface area (Å²) in [7, 11) is 1.39. The summed E-state index contributed by atoms with van der Waals surface area (Å²) in [6.45, 7) is 4.12. The number of anilines is 1. The summed E-state index contributed by atoms with van der Waals surface area (Å²) in [5.74, 6) is -0.208. The number of methoxy groups -OCH3 is 1. The van der Waals surface area contributed by atoms with E-state index in [1.54, 1.807) is 0 Å². The lowest BCUT2D eigenvalue weighted by Gasteiger charge is -2.21. The molecule has 2 N–H and O–H groups in total. The number of halogens is 1. The number of benzene rings is 1. The highest BCUT2D eigenvalue weighted by Gasteiger charge is 2.11. The van der Waals surface area contributed by atoms with Gasteiger partial charge in [-0.1, -0.05) is 24.6 Å². The zero-order chi connectivity index (χ0) is 13.5. The summed E-state index contributed by atoms with van der Waals surface area (Å²) < 4.78 is 4.63. The van der Waals surface area contributed by atoms with Crippen molar-refractivity contribution >= 4 is 23.3 Å². The van der Waals surface area contributed by atoms with E-state index in [0.717, 1.165) is 12.1 Å². The number of nitrogen functional groups attached to an aromatic ring is 1. The molecule has 1 aromatic carbocycles. The average Bonchev–Trinajstić information content (AvgIpc) is 2.37. The number of carbonyl (C=O) groups is 1. The van der Waals surface area contributed by atoms with E-state index in [-0.39, 0.29) is 5.97 Å². The van der Waals surface area contributed by atoms with Crippen LogP contribution < -0.4 is 5.73 Å². The topological polar surface area (TPSA) is 55.6 Å². The number of esters is 1. The van der Waals surface area contributed by atoms with Crippen molar-refractivity contribution in [1.82, 2.24) is 4.90 Å². The number of hydrogen-bond acceptors (Lipinski definition) is 4. The van der Waals surface area contributed by atoms with Crippen molar-refractivity contribution in [2.24, 2.45) is 0 Å². The summed E-state index contributed by atoms with van der Waals surface area (Å²) in [5, 5.41) is 0.659. The van der Waals surface area contributed by atoms with E-state index in [9.17, 15) is 4.79 Å². The van der Waals surface area contributed by atoms with Gasteiger partial charge in [-0.3, -0.25) is 9.69 Å². The predicted molar refractivity (Wildman–Crippen MR) is 73.4 cm³/mol. The minimum absolute atomic E-state index is 0.208. The fourth-order valence-corrected chi connectivity index (χ4v) is 1.91. The van der Waals surface area contributed by atoms with Crippen LogP contribution in [0, 0.1) is 0 Å². The summed E-state index contributed by atoms with van der Waals surface area (Å²) in [5.41, 5.74) is 7.49. The molecule has 0 saturated carbocycles. The Morgan fingerprint density at radius 2 is 2.22 bits per heavy atom. The molecule has 0 radical (unpaired) electrons. The highest BCUT2D eigenvalue weighted by atomic mass is 35.5. The Labute approximate surface area is 113 Å². The zero-order valence-electron chi connectivity index (χ0n) is 10.8. The van der Waals surface area contributed by atoms with Crippen LogP contribution >= 0.6 is 11.6 Å². The molecule has 5 heteroatoms. The fraction of sp³-hybridized carbons (Fsp3) is 0.462. The lowest BCUT2D eigenvalue weighted by Crippen LogP contribution is -2.26. The molecule has 0 aliphatic carbocycles. The second kappa shape index (κ2) is 7.24. The van der Waals surface area contributed by atoms with Gasteiger partial charge in [-0.15, -0.1) is 0 Å². The van der Waals surface area contributed by atoms with E-state index in [0.29, 0.717) is 30.2 Å². The van der Waals surface area contributed by atoms with Gasteiger partial charge in [0.15, 0.2) is 0 Å². The first kappa shape index (κ1) is 14.8. The van der Waals surface area contributed by atoms with Crippen LogP contribution in [0.2, 0.25) is 5.02 Å². The van der Waals surface area contributed by atoms with Gasteiger partial charge in [0.25, 0.3) is 0 Å². The van der Waals surface area contributed by atoms with Gasteiger partial charge in [0, 0.05) is 29.4 Å². The Morgan fingerprint density at radius 3 is 2.78 bits per heavy atom. The normalized spacial score (nSPS) is 10.7. The highest BCUT2D eigenvalue weighted by molar-refractivity contribution is 6.31. The van der Waals surface area contributed by atoms with Gasteiger partial charge in [0.1, 0.15) is 0 Å². The maximum atomic E-state index is 11.1. The van der Waals surface area contributed by atoms with Crippen LogP contribution in [0.1, 0.15) is 18.9 Å².